The molecule has 0 saturated heterocycles. The Morgan fingerprint density at radius 3 is 2.58 bits per heavy atom. The van der Waals surface area contributed by atoms with Crippen LogP contribution in [-0.2, 0) is 0 Å². The van der Waals surface area contributed by atoms with Crippen LogP contribution in [0.15, 0.2) is 45.3 Å². The zero-order chi connectivity index (χ0) is 14.0. The lowest BCUT2D eigenvalue weighted by Gasteiger charge is -2.09. The Labute approximate surface area is 127 Å². The fourth-order valence-corrected chi connectivity index (χ4v) is 2.49. The summed E-state index contributed by atoms with van der Waals surface area (Å²) in [7, 11) is 0. The molecule has 0 atom stereocenters. The van der Waals surface area contributed by atoms with Crippen LogP contribution in [0.2, 0.25) is 0 Å². The fraction of sp³-hybridized carbons (Fsp3) is 0.0714. The highest BCUT2D eigenvalue weighted by Gasteiger charge is 2.11. The van der Waals surface area contributed by atoms with Crippen molar-refractivity contribution < 1.29 is 9.18 Å². The summed E-state index contributed by atoms with van der Waals surface area (Å²) in [6, 6.07) is 9.53. The number of amides is 1. The molecule has 0 fully saturated rings. The highest BCUT2D eigenvalue weighted by Crippen LogP contribution is 2.24. The molecule has 0 radical (unpaired) electrons. The molecule has 0 spiro atoms. The number of carbonyl (C=O) groups is 1. The minimum Gasteiger partial charge on any atom is -0.321 e. The van der Waals surface area contributed by atoms with Gasteiger partial charge in [0.05, 0.1) is 5.69 Å². The van der Waals surface area contributed by atoms with E-state index in [1.165, 1.54) is 12.1 Å². The maximum absolute atomic E-state index is 13.2. The monoisotopic (exact) mass is 385 g/mol. The van der Waals surface area contributed by atoms with E-state index in [2.05, 4.69) is 37.2 Å². The van der Waals surface area contributed by atoms with Crippen LogP contribution in [0, 0.1) is 12.7 Å². The van der Waals surface area contributed by atoms with E-state index >= 15 is 0 Å². The van der Waals surface area contributed by atoms with Crippen molar-refractivity contribution >= 4 is 43.5 Å². The summed E-state index contributed by atoms with van der Waals surface area (Å²) in [5.74, 6) is -0.665. The second kappa shape index (κ2) is 5.84. The molecule has 1 amide bonds. The summed E-state index contributed by atoms with van der Waals surface area (Å²) < 4.78 is 14.7. The predicted molar refractivity (Wildman–Crippen MR) is 80.9 cm³/mol. The van der Waals surface area contributed by atoms with Crippen LogP contribution in [0.3, 0.4) is 0 Å². The quantitative estimate of drug-likeness (QED) is 0.780. The van der Waals surface area contributed by atoms with Crippen LogP contribution in [0.1, 0.15) is 15.9 Å². The molecule has 0 aliphatic rings. The molecule has 0 aliphatic heterocycles. The normalized spacial score (nSPS) is 10.3. The van der Waals surface area contributed by atoms with Gasteiger partial charge in [-0.05, 0) is 64.8 Å². The molecule has 0 saturated carbocycles. The van der Waals surface area contributed by atoms with Gasteiger partial charge in [0.25, 0.3) is 5.91 Å². The summed E-state index contributed by atoms with van der Waals surface area (Å²) in [4.78, 5) is 12.1. The van der Waals surface area contributed by atoms with Crippen molar-refractivity contribution in [3.8, 4) is 0 Å². The van der Waals surface area contributed by atoms with Gasteiger partial charge in [-0.25, -0.2) is 4.39 Å². The molecule has 0 aliphatic carbocycles. The van der Waals surface area contributed by atoms with Gasteiger partial charge in [0.2, 0.25) is 0 Å². The molecular formula is C14H10Br2FNO. The fourth-order valence-electron chi connectivity index (χ4n) is 1.66. The van der Waals surface area contributed by atoms with E-state index in [0.717, 1.165) is 10.0 Å². The van der Waals surface area contributed by atoms with Crippen molar-refractivity contribution in [3.63, 3.8) is 0 Å². The second-order valence-electron chi connectivity index (χ2n) is 4.04. The van der Waals surface area contributed by atoms with Crippen molar-refractivity contribution in [2.45, 2.75) is 6.92 Å². The van der Waals surface area contributed by atoms with Gasteiger partial charge in [0, 0.05) is 14.5 Å². The Morgan fingerprint density at radius 2 is 1.89 bits per heavy atom. The Kier molecular flexibility index (Phi) is 4.37. The van der Waals surface area contributed by atoms with Gasteiger partial charge in [-0.15, -0.1) is 0 Å². The van der Waals surface area contributed by atoms with Crippen molar-refractivity contribution in [1.29, 1.82) is 0 Å². The van der Waals surface area contributed by atoms with E-state index in [1.54, 1.807) is 18.2 Å². The van der Waals surface area contributed by atoms with Crippen LogP contribution in [-0.4, -0.2) is 5.91 Å². The second-order valence-corrected chi connectivity index (χ2v) is 5.81. The number of hydrogen-bond acceptors (Lipinski definition) is 1. The van der Waals surface area contributed by atoms with Crippen LogP contribution in [0.25, 0.3) is 0 Å². The molecule has 0 heterocycles. The number of anilines is 1. The molecule has 2 aromatic carbocycles. The number of nitrogens with one attached hydrogen (secondary N) is 1. The summed E-state index contributed by atoms with van der Waals surface area (Å²) >= 11 is 6.62. The number of carbonyl (C=O) groups excluding carboxylic acids is 1. The average molecular weight is 387 g/mol. The minimum absolute atomic E-state index is 0.267. The third-order valence-corrected chi connectivity index (χ3v) is 3.79. The third kappa shape index (κ3) is 3.42. The standard InChI is InChI=1S/C14H10Br2FNO/c1-8-6-9(15)2-4-11(8)14(19)18-13-7-10(17)3-5-12(13)16/h2-7H,1H3,(H,18,19). The summed E-state index contributed by atoms with van der Waals surface area (Å²) in [6.07, 6.45) is 0. The van der Waals surface area contributed by atoms with Gasteiger partial charge in [-0.1, -0.05) is 15.9 Å². The van der Waals surface area contributed by atoms with Gasteiger partial charge >= 0.3 is 0 Å². The summed E-state index contributed by atoms with van der Waals surface area (Å²) in [6.45, 7) is 1.85. The van der Waals surface area contributed by atoms with Gasteiger partial charge in [-0.2, -0.15) is 0 Å². The predicted octanol–water partition coefficient (Wildman–Crippen LogP) is 4.91. The first kappa shape index (κ1) is 14.2. The van der Waals surface area contributed by atoms with E-state index in [0.29, 0.717) is 15.7 Å². The first-order valence-electron chi connectivity index (χ1n) is 5.50. The SMILES string of the molecule is Cc1cc(Br)ccc1C(=O)Nc1cc(F)ccc1Br. The van der Waals surface area contributed by atoms with E-state index in [9.17, 15) is 9.18 Å². The number of rotatable bonds is 2. The van der Waals surface area contributed by atoms with Crippen molar-refractivity contribution in [2.24, 2.45) is 0 Å². The van der Waals surface area contributed by atoms with Gasteiger partial charge in [-0.3, -0.25) is 4.79 Å². The Bertz CT molecular complexity index is 643. The minimum atomic E-state index is -0.397. The number of halogens is 3. The van der Waals surface area contributed by atoms with E-state index in [-0.39, 0.29) is 5.91 Å². The van der Waals surface area contributed by atoms with E-state index in [4.69, 9.17) is 0 Å². The Hall–Kier alpha value is -1.20. The molecular weight excluding hydrogens is 377 g/mol. The van der Waals surface area contributed by atoms with Crippen molar-refractivity contribution in [1.82, 2.24) is 0 Å². The lowest BCUT2D eigenvalue weighted by atomic mass is 10.1. The van der Waals surface area contributed by atoms with Gasteiger partial charge in [0.15, 0.2) is 0 Å². The molecule has 19 heavy (non-hydrogen) atoms. The molecule has 2 aromatic rings. The lowest BCUT2D eigenvalue weighted by molar-refractivity contribution is 0.102. The first-order valence-corrected chi connectivity index (χ1v) is 7.08. The molecule has 0 aromatic heterocycles. The van der Waals surface area contributed by atoms with Crippen LogP contribution >= 0.6 is 31.9 Å². The van der Waals surface area contributed by atoms with Crippen molar-refractivity contribution in [2.75, 3.05) is 5.32 Å². The number of aryl methyl sites for hydroxylation is 1. The largest absolute Gasteiger partial charge is 0.321 e. The Balaban J connectivity index is 2.28. The number of benzene rings is 2. The van der Waals surface area contributed by atoms with Crippen LogP contribution in [0.5, 0.6) is 0 Å². The summed E-state index contributed by atoms with van der Waals surface area (Å²) in [5.41, 5.74) is 1.81. The highest BCUT2D eigenvalue weighted by atomic mass is 79.9. The van der Waals surface area contributed by atoms with Gasteiger partial charge < -0.3 is 5.32 Å². The topological polar surface area (TPSA) is 29.1 Å². The molecule has 0 bridgehead atoms. The van der Waals surface area contributed by atoms with E-state index < -0.39 is 5.82 Å². The maximum Gasteiger partial charge on any atom is 0.255 e. The zero-order valence-corrected chi connectivity index (χ0v) is 13.2. The van der Waals surface area contributed by atoms with Gasteiger partial charge in [0.1, 0.15) is 5.82 Å². The van der Waals surface area contributed by atoms with Crippen molar-refractivity contribution in [3.05, 3.63) is 62.3 Å². The maximum atomic E-state index is 13.2. The number of hydrogen-bond donors (Lipinski definition) is 1. The molecule has 5 heteroatoms. The lowest BCUT2D eigenvalue weighted by Crippen LogP contribution is -2.13. The first-order chi connectivity index (χ1) is 8.97. The highest BCUT2D eigenvalue weighted by molar-refractivity contribution is 9.10. The molecule has 98 valence electrons. The zero-order valence-electron chi connectivity index (χ0n) is 10.0. The molecule has 0 unspecified atom stereocenters. The van der Waals surface area contributed by atoms with Crippen LogP contribution < -0.4 is 5.32 Å². The molecule has 2 rings (SSSR count). The summed E-state index contributed by atoms with van der Waals surface area (Å²) in [5, 5.41) is 2.69. The molecule has 2 nitrogen and oxygen atoms in total. The van der Waals surface area contributed by atoms with Crippen LogP contribution in [0.4, 0.5) is 10.1 Å². The molecule has 1 N–H and O–H groups in total. The third-order valence-electron chi connectivity index (χ3n) is 2.61. The smallest absolute Gasteiger partial charge is 0.255 e. The van der Waals surface area contributed by atoms with E-state index in [1.807, 2.05) is 13.0 Å². The average Bonchev–Trinajstić information content (AvgIpc) is 2.33. The Morgan fingerprint density at radius 1 is 1.16 bits per heavy atom.